The van der Waals surface area contributed by atoms with Gasteiger partial charge in [-0.05, 0) is 24.3 Å². The summed E-state index contributed by atoms with van der Waals surface area (Å²) in [6.07, 6.45) is 0. The molecule has 2 aromatic rings. The minimum absolute atomic E-state index is 0.00744. The molecule has 0 aliphatic rings. The number of nitrogens with one attached hydrogen (secondary N) is 1. The third kappa shape index (κ3) is 4.83. The fourth-order valence-electron chi connectivity index (χ4n) is 2.52. The van der Waals surface area contributed by atoms with Crippen LogP contribution in [0.15, 0.2) is 42.5 Å². The summed E-state index contributed by atoms with van der Waals surface area (Å²) in [6.45, 7) is 1.43. The topological polar surface area (TPSA) is 75.7 Å². The lowest BCUT2D eigenvalue weighted by Gasteiger charge is -2.23. The number of ether oxygens (including phenoxy) is 1. The van der Waals surface area contributed by atoms with Crippen LogP contribution in [-0.2, 0) is 9.53 Å². The van der Waals surface area contributed by atoms with E-state index in [-0.39, 0.29) is 35.1 Å². The zero-order valence-corrected chi connectivity index (χ0v) is 15.5. The zero-order chi connectivity index (χ0) is 20.0. The van der Waals surface area contributed by atoms with Gasteiger partial charge in [-0.3, -0.25) is 9.59 Å². The maximum atomic E-state index is 13.8. The molecule has 0 saturated heterocycles. The highest BCUT2D eigenvalue weighted by atomic mass is 35.5. The number of carbonyl (C=O) groups is 3. The molecule has 0 unspecified atom stereocenters. The molecule has 6 nitrogen and oxygen atoms in total. The average molecular weight is 393 g/mol. The van der Waals surface area contributed by atoms with Gasteiger partial charge in [0.2, 0.25) is 5.91 Å². The molecular formula is C19H18ClFN2O4. The predicted molar refractivity (Wildman–Crippen MR) is 99.6 cm³/mol. The molecule has 0 bridgehead atoms. The number of benzene rings is 2. The third-order valence-corrected chi connectivity index (χ3v) is 4.11. The van der Waals surface area contributed by atoms with E-state index < -0.39 is 17.7 Å². The molecule has 8 heteroatoms. The minimum atomic E-state index is -0.737. The Morgan fingerprint density at radius 1 is 1.15 bits per heavy atom. The molecule has 2 amide bonds. The van der Waals surface area contributed by atoms with Crippen molar-refractivity contribution in [3.8, 4) is 0 Å². The summed E-state index contributed by atoms with van der Waals surface area (Å²) >= 11 is 5.87. The Hall–Kier alpha value is -2.93. The van der Waals surface area contributed by atoms with Crippen molar-refractivity contribution >= 4 is 35.1 Å². The fraction of sp³-hybridized carbons (Fsp3) is 0.211. The van der Waals surface area contributed by atoms with Gasteiger partial charge >= 0.3 is 5.97 Å². The van der Waals surface area contributed by atoms with E-state index in [0.29, 0.717) is 5.69 Å². The zero-order valence-electron chi connectivity index (χ0n) is 14.8. The van der Waals surface area contributed by atoms with Crippen LogP contribution in [0, 0.1) is 5.82 Å². The number of rotatable bonds is 6. The molecule has 0 atom stereocenters. The number of hydrogen-bond donors (Lipinski definition) is 1. The summed E-state index contributed by atoms with van der Waals surface area (Å²) < 4.78 is 18.5. The first-order valence-electron chi connectivity index (χ1n) is 8.04. The summed E-state index contributed by atoms with van der Waals surface area (Å²) in [6, 6.07) is 10.4. The van der Waals surface area contributed by atoms with Crippen molar-refractivity contribution in [3.05, 3.63) is 64.4 Å². The van der Waals surface area contributed by atoms with Crippen molar-refractivity contribution in [2.45, 2.75) is 6.92 Å². The molecule has 142 valence electrons. The average Bonchev–Trinajstić information content (AvgIpc) is 2.64. The van der Waals surface area contributed by atoms with E-state index >= 15 is 0 Å². The standard InChI is InChI=1S/C19H18ClFN2O4/c1-12(24)23(16-9-4-3-6-13(16)19(26)27-2)11-10-22-18(25)17-14(20)7-5-8-15(17)21/h3-9H,10-11H2,1-2H3,(H,22,25). The largest absolute Gasteiger partial charge is 0.465 e. The summed E-state index contributed by atoms with van der Waals surface area (Å²) in [5, 5.41) is 2.52. The van der Waals surface area contributed by atoms with Crippen molar-refractivity contribution in [1.82, 2.24) is 5.32 Å². The lowest BCUT2D eigenvalue weighted by Crippen LogP contribution is -2.38. The van der Waals surface area contributed by atoms with Crippen molar-refractivity contribution in [1.29, 1.82) is 0 Å². The number of nitrogens with zero attached hydrogens (tertiary/aromatic N) is 1. The molecule has 27 heavy (non-hydrogen) atoms. The maximum Gasteiger partial charge on any atom is 0.339 e. The van der Waals surface area contributed by atoms with E-state index in [1.54, 1.807) is 18.2 Å². The molecular weight excluding hydrogens is 375 g/mol. The third-order valence-electron chi connectivity index (χ3n) is 3.79. The lowest BCUT2D eigenvalue weighted by molar-refractivity contribution is -0.116. The molecule has 0 fully saturated rings. The number of para-hydroxylation sites is 1. The van der Waals surface area contributed by atoms with Crippen LogP contribution in [0.2, 0.25) is 5.02 Å². The number of anilines is 1. The van der Waals surface area contributed by atoms with E-state index in [1.807, 2.05) is 0 Å². The number of methoxy groups -OCH3 is 1. The predicted octanol–water partition coefficient (Wildman–Crippen LogP) is 3.05. The Balaban J connectivity index is 2.14. The number of carbonyl (C=O) groups excluding carboxylic acids is 3. The highest BCUT2D eigenvalue weighted by molar-refractivity contribution is 6.33. The van der Waals surface area contributed by atoms with Crippen LogP contribution < -0.4 is 10.2 Å². The molecule has 0 saturated carbocycles. The first-order chi connectivity index (χ1) is 12.9. The van der Waals surface area contributed by atoms with Gasteiger partial charge in [0.1, 0.15) is 5.82 Å². The van der Waals surface area contributed by atoms with E-state index in [4.69, 9.17) is 16.3 Å². The summed E-state index contributed by atoms with van der Waals surface area (Å²) in [5.74, 6) is -2.34. The van der Waals surface area contributed by atoms with Gasteiger partial charge in [0, 0.05) is 20.0 Å². The Kier molecular flexibility index (Phi) is 6.90. The second kappa shape index (κ2) is 9.14. The number of amides is 2. The van der Waals surface area contributed by atoms with E-state index in [0.717, 1.165) is 6.07 Å². The van der Waals surface area contributed by atoms with E-state index in [9.17, 15) is 18.8 Å². The Morgan fingerprint density at radius 2 is 1.85 bits per heavy atom. The highest BCUT2D eigenvalue weighted by Crippen LogP contribution is 2.22. The molecule has 2 rings (SSSR count). The molecule has 1 N–H and O–H groups in total. The Labute approximate surface area is 160 Å². The summed E-state index contributed by atoms with van der Waals surface area (Å²) in [5.41, 5.74) is 0.317. The van der Waals surface area contributed by atoms with Gasteiger partial charge in [-0.1, -0.05) is 29.8 Å². The van der Waals surface area contributed by atoms with Gasteiger partial charge in [-0.25, -0.2) is 9.18 Å². The molecule has 0 aromatic heterocycles. The van der Waals surface area contributed by atoms with E-state index in [1.165, 1.54) is 37.1 Å². The van der Waals surface area contributed by atoms with Crippen molar-refractivity contribution in [3.63, 3.8) is 0 Å². The molecule has 0 radical (unpaired) electrons. The van der Waals surface area contributed by atoms with E-state index in [2.05, 4.69) is 5.32 Å². The fourth-order valence-corrected chi connectivity index (χ4v) is 2.77. The summed E-state index contributed by atoms with van der Waals surface area (Å²) in [7, 11) is 1.25. The normalized spacial score (nSPS) is 10.2. The van der Waals surface area contributed by atoms with Gasteiger partial charge in [0.25, 0.3) is 5.91 Å². The maximum absolute atomic E-state index is 13.8. The number of hydrogen-bond acceptors (Lipinski definition) is 4. The SMILES string of the molecule is COC(=O)c1ccccc1N(CCNC(=O)c1c(F)cccc1Cl)C(C)=O. The minimum Gasteiger partial charge on any atom is -0.465 e. The van der Waals surface area contributed by atoms with Gasteiger partial charge in [-0.2, -0.15) is 0 Å². The van der Waals surface area contributed by atoms with Crippen LogP contribution in [0.4, 0.5) is 10.1 Å². The van der Waals surface area contributed by atoms with Gasteiger partial charge in [-0.15, -0.1) is 0 Å². The number of esters is 1. The monoisotopic (exact) mass is 392 g/mol. The van der Waals surface area contributed by atoms with Crippen LogP contribution in [0.1, 0.15) is 27.6 Å². The second-order valence-corrected chi connectivity index (χ2v) is 5.94. The lowest BCUT2D eigenvalue weighted by atomic mass is 10.1. The highest BCUT2D eigenvalue weighted by Gasteiger charge is 2.20. The van der Waals surface area contributed by atoms with Gasteiger partial charge in [0.05, 0.1) is 28.9 Å². The first kappa shape index (κ1) is 20.4. The summed E-state index contributed by atoms with van der Waals surface area (Å²) in [4.78, 5) is 37.5. The van der Waals surface area contributed by atoms with Gasteiger partial charge < -0.3 is 15.0 Å². The quantitative estimate of drug-likeness (QED) is 0.767. The Bertz CT molecular complexity index is 852. The van der Waals surface area contributed by atoms with Crippen molar-refractivity contribution < 1.29 is 23.5 Å². The van der Waals surface area contributed by atoms with Crippen molar-refractivity contribution in [2.24, 2.45) is 0 Å². The number of halogens is 2. The van der Waals surface area contributed by atoms with Crippen LogP contribution in [0.3, 0.4) is 0 Å². The molecule has 0 aliphatic heterocycles. The smallest absolute Gasteiger partial charge is 0.339 e. The van der Waals surface area contributed by atoms with Gasteiger partial charge in [0.15, 0.2) is 0 Å². The first-order valence-corrected chi connectivity index (χ1v) is 8.42. The molecule has 0 aliphatic carbocycles. The Morgan fingerprint density at radius 3 is 2.48 bits per heavy atom. The molecule has 0 heterocycles. The van der Waals surface area contributed by atoms with Crippen LogP contribution in [0.5, 0.6) is 0 Å². The molecule has 0 spiro atoms. The molecule has 2 aromatic carbocycles. The van der Waals surface area contributed by atoms with Crippen LogP contribution >= 0.6 is 11.6 Å². The van der Waals surface area contributed by atoms with Crippen LogP contribution in [0.25, 0.3) is 0 Å². The van der Waals surface area contributed by atoms with Crippen LogP contribution in [-0.4, -0.2) is 38.0 Å². The van der Waals surface area contributed by atoms with Crippen molar-refractivity contribution in [2.75, 3.05) is 25.1 Å². The second-order valence-electron chi connectivity index (χ2n) is 5.53.